The Morgan fingerprint density at radius 1 is 1.20 bits per heavy atom. The standard InChI is InChI=1S/C15H24N2O3/c1-17(10-6-4-5-9-16)15(18)13-11-12(19-2)7-8-14(13)20-3/h7-8,11H,4-6,9-10,16H2,1-3H3. The topological polar surface area (TPSA) is 64.8 Å². The van der Waals surface area contributed by atoms with Crippen LogP contribution < -0.4 is 15.2 Å². The highest BCUT2D eigenvalue weighted by Crippen LogP contribution is 2.25. The van der Waals surface area contributed by atoms with E-state index in [1.54, 1.807) is 44.4 Å². The van der Waals surface area contributed by atoms with Gasteiger partial charge in [0.05, 0.1) is 19.8 Å². The Morgan fingerprint density at radius 3 is 2.55 bits per heavy atom. The molecule has 0 unspecified atom stereocenters. The van der Waals surface area contributed by atoms with Crippen LogP contribution in [0.1, 0.15) is 29.6 Å². The minimum atomic E-state index is -0.0616. The van der Waals surface area contributed by atoms with Crippen molar-refractivity contribution < 1.29 is 14.3 Å². The zero-order valence-corrected chi connectivity index (χ0v) is 12.5. The van der Waals surface area contributed by atoms with Gasteiger partial charge in [-0.3, -0.25) is 4.79 Å². The molecule has 5 nitrogen and oxygen atoms in total. The van der Waals surface area contributed by atoms with Gasteiger partial charge in [-0.1, -0.05) is 6.42 Å². The lowest BCUT2D eigenvalue weighted by Crippen LogP contribution is -2.28. The smallest absolute Gasteiger partial charge is 0.257 e. The van der Waals surface area contributed by atoms with Crippen LogP contribution in [0.4, 0.5) is 0 Å². The number of hydrogen-bond donors (Lipinski definition) is 1. The molecule has 0 saturated heterocycles. The maximum Gasteiger partial charge on any atom is 0.257 e. The van der Waals surface area contributed by atoms with E-state index >= 15 is 0 Å². The first kappa shape index (κ1) is 16.3. The number of ether oxygens (including phenoxy) is 2. The Hall–Kier alpha value is -1.75. The van der Waals surface area contributed by atoms with Crippen molar-refractivity contribution in [2.75, 3.05) is 34.4 Å². The summed E-state index contributed by atoms with van der Waals surface area (Å²) in [7, 11) is 4.93. The molecule has 0 aliphatic carbocycles. The molecule has 0 radical (unpaired) electrons. The van der Waals surface area contributed by atoms with Gasteiger partial charge in [0.1, 0.15) is 11.5 Å². The van der Waals surface area contributed by atoms with E-state index in [1.165, 1.54) is 0 Å². The maximum atomic E-state index is 12.4. The third-order valence-corrected chi connectivity index (χ3v) is 3.18. The molecular weight excluding hydrogens is 256 g/mol. The number of hydrogen-bond acceptors (Lipinski definition) is 4. The molecule has 0 spiro atoms. The quantitative estimate of drug-likeness (QED) is 0.739. The van der Waals surface area contributed by atoms with Gasteiger partial charge in [-0.15, -0.1) is 0 Å². The lowest BCUT2D eigenvalue weighted by atomic mass is 10.1. The van der Waals surface area contributed by atoms with Gasteiger partial charge in [-0.05, 0) is 37.6 Å². The monoisotopic (exact) mass is 280 g/mol. The van der Waals surface area contributed by atoms with E-state index in [9.17, 15) is 4.79 Å². The van der Waals surface area contributed by atoms with Crippen molar-refractivity contribution in [1.82, 2.24) is 4.90 Å². The number of nitrogens with two attached hydrogens (primary N) is 1. The van der Waals surface area contributed by atoms with E-state index in [0.29, 0.717) is 30.2 Å². The summed E-state index contributed by atoms with van der Waals surface area (Å²) in [4.78, 5) is 14.1. The Bertz CT molecular complexity index is 435. The SMILES string of the molecule is COc1ccc(OC)c(C(=O)N(C)CCCCCN)c1. The fourth-order valence-corrected chi connectivity index (χ4v) is 1.96. The number of carbonyl (C=O) groups is 1. The third-order valence-electron chi connectivity index (χ3n) is 3.18. The summed E-state index contributed by atoms with van der Waals surface area (Å²) >= 11 is 0. The molecule has 1 rings (SSSR count). The molecule has 20 heavy (non-hydrogen) atoms. The van der Waals surface area contributed by atoms with Crippen molar-refractivity contribution >= 4 is 5.91 Å². The molecule has 0 aliphatic heterocycles. The van der Waals surface area contributed by atoms with Crippen LogP contribution in [-0.4, -0.2) is 45.2 Å². The summed E-state index contributed by atoms with van der Waals surface area (Å²) in [6, 6.07) is 5.22. The molecule has 2 N–H and O–H groups in total. The van der Waals surface area contributed by atoms with Gasteiger partial charge in [-0.25, -0.2) is 0 Å². The number of rotatable bonds is 8. The van der Waals surface area contributed by atoms with Gasteiger partial charge in [0, 0.05) is 13.6 Å². The highest BCUT2D eigenvalue weighted by Gasteiger charge is 2.17. The van der Waals surface area contributed by atoms with Gasteiger partial charge in [0.2, 0.25) is 0 Å². The van der Waals surface area contributed by atoms with E-state index in [2.05, 4.69) is 0 Å². The molecule has 0 fully saturated rings. The number of unbranched alkanes of at least 4 members (excludes halogenated alkanes) is 2. The maximum absolute atomic E-state index is 12.4. The molecule has 0 bridgehead atoms. The molecule has 1 aromatic carbocycles. The summed E-state index contributed by atoms with van der Waals surface area (Å²) in [6.07, 6.45) is 2.97. The average Bonchev–Trinajstić information content (AvgIpc) is 2.49. The molecule has 0 aromatic heterocycles. The summed E-state index contributed by atoms with van der Waals surface area (Å²) in [5.74, 6) is 1.14. The fourth-order valence-electron chi connectivity index (χ4n) is 1.96. The van der Waals surface area contributed by atoms with Crippen LogP contribution in [0.25, 0.3) is 0 Å². The van der Waals surface area contributed by atoms with Crippen molar-refractivity contribution in [2.45, 2.75) is 19.3 Å². The number of amides is 1. The largest absolute Gasteiger partial charge is 0.497 e. The highest BCUT2D eigenvalue weighted by molar-refractivity contribution is 5.97. The third kappa shape index (κ3) is 4.42. The first-order valence-electron chi connectivity index (χ1n) is 6.81. The first-order valence-corrected chi connectivity index (χ1v) is 6.81. The van der Waals surface area contributed by atoms with Crippen LogP contribution in [0.5, 0.6) is 11.5 Å². The molecule has 5 heteroatoms. The molecule has 0 atom stereocenters. The number of nitrogens with zero attached hydrogens (tertiary/aromatic N) is 1. The Balaban J connectivity index is 2.74. The summed E-state index contributed by atoms with van der Waals surface area (Å²) in [5, 5.41) is 0. The van der Waals surface area contributed by atoms with Crippen LogP contribution in [0.15, 0.2) is 18.2 Å². The Morgan fingerprint density at radius 2 is 1.95 bits per heavy atom. The molecule has 1 amide bonds. The van der Waals surface area contributed by atoms with Crippen molar-refractivity contribution in [3.05, 3.63) is 23.8 Å². The zero-order valence-electron chi connectivity index (χ0n) is 12.5. The van der Waals surface area contributed by atoms with Crippen LogP contribution >= 0.6 is 0 Å². The van der Waals surface area contributed by atoms with E-state index in [0.717, 1.165) is 19.3 Å². The second kappa shape index (κ2) is 8.43. The van der Waals surface area contributed by atoms with Crippen molar-refractivity contribution in [3.8, 4) is 11.5 Å². The van der Waals surface area contributed by atoms with Gasteiger partial charge < -0.3 is 20.1 Å². The number of benzene rings is 1. The van der Waals surface area contributed by atoms with E-state index in [4.69, 9.17) is 15.2 Å². The Kier molecular flexibility index (Phi) is 6.87. The number of carbonyl (C=O) groups excluding carboxylic acids is 1. The lowest BCUT2D eigenvalue weighted by molar-refractivity contribution is 0.0789. The molecule has 0 saturated carbocycles. The summed E-state index contributed by atoms with van der Waals surface area (Å²) in [6.45, 7) is 1.40. The van der Waals surface area contributed by atoms with Crippen LogP contribution in [0.2, 0.25) is 0 Å². The van der Waals surface area contributed by atoms with E-state index < -0.39 is 0 Å². The minimum Gasteiger partial charge on any atom is -0.497 e. The normalized spacial score (nSPS) is 10.2. The molecule has 0 aliphatic rings. The molecule has 0 heterocycles. The minimum absolute atomic E-state index is 0.0616. The first-order chi connectivity index (χ1) is 9.63. The van der Waals surface area contributed by atoms with E-state index in [-0.39, 0.29) is 5.91 Å². The predicted molar refractivity (Wildman–Crippen MR) is 79.4 cm³/mol. The highest BCUT2D eigenvalue weighted by atomic mass is 16.5. The Labute approximate surface area is 120 Å². The van der Waals surface area contributed by atoms with Crippen LogP contribution in [0, 0.1) is 0 Å². The van der Waals surface area contributed by atoms with Crippen molar-refractivity contribution in [2.24, 2.45) is 5.73 Å². The average molecular weight is 280 g/mol. The van der Waals surface area contributed by atoms with Gasteiger partial charge in [-0.2, -0.15) is 0 Å². The predicted octanol–water partition coefficient (Wildman–Crippen LogP) is 1.90. The zero-order chi connectivity index (χ0) is 15.0. The van der Waals surface area contributed by atoms with Crippen LogP contribution in [-0.2, 0) is 0 Å². The van der Waals surface area contributed by atoms with Crippen LogP contribution in [0.3, 0.4) is 0 Å². The van der Waals surface area contributed by atoms with Crippen molar-refractivity contribution in [3.63, 3.8) is 0 Å². The molecule has 1 aromatic rings. The number of methoxy groups -OCH3 is 2. The second-order valence-electron chi connectivity index (χ2n) is 4.64. The molecular formula is C15H24N2O3. The molecule has 112 valence electrons. The van der Waals surface area contributed by atoms with Gasteiger partial charge >= 0.3 is 0 Å². The van der Waals surface area contributed by atoms with Gasteiger partial charge in [0.15, 0.2) is 0 Å². The van der Waals surface area contributed by atoms with E-state index in [1.807, 2.05) is 0 Å². The summed E-state index contributed by atoms with van der Waals surface area (Å²) < 4.78 is 10.4. The summed E-state index contributed by atoms with van der Waals surface area (Å²) in [5.41, 5.74) is 5.98. The second-order valence-corrected chi connectivity index (χ2v) is 4.64. The van der Waals surface area contributed by atoms with Crippen molar-refractivity contribution in [1.29, 1.82) is 0 Å². The fraction of sp³-hybridized carbons (Fsp3) is 0.533. The van der Waals surface area contributed by atoms with Gasteiger partial charge in [0.25, 0.3) is 5.91 Å². The lowest BCUT2D eigenvalue weighted by Gasteiger charge is -2.19.